The molecule has 7 heteroatoms. The average molecular weight is 257 g/mol. The van der Waals surface area contributed by atoms with E-state index in [2.05, 4.69) is 0 Å². The van der Waals surface area contributed by atoms with Crippen LogP contribution in [-0.4, -0.2) is 37.4 Å². The van der Waals surface area contributed by atoms with E-state index in [1.807, 2.05) is 0 Å². The van der Waals surface area contributed by atoms with E-state index in [1.165, 1.54) is 6.08 Å². The van der Waals surface area contributed by atoms with Gasteiger partial charge in [-0.3, -0.25) is 10.1 Å². The third kappa shape index (κ3) is 4.10. The molecule has 0 aromatic carbocycles. The molecular formula is C11H19N3O4. The van der Waals surface area contributed by atoms with Crippen molar-refractivity contribution in [1.82, 2.24) is 0 Å². The lowest BCUT2D eigenvalue weighted by Gasteiger charge is -2.28. The molecule has 1 atom stereocenters. The summed E-state index contributed by atoms with van der Waals surface area (Å²) in [7, 11) is 1.60. The van der Waals surface area contributed by atoms with Crippen molar-refractivity contribution in [3.63, 3.8) is 0 Å². The number of ether oxygens (including phenoxy) is 2. The van der Waals surface area contributed by atoms with Gasteiger partial charge >= 0.3 is 0 Å². The Morgan fingerprint density at radius 1 is 1.50 bits per heavy atom. The van der Waals surface area contributed by atoms with Gasteiger partial charge in [0.15, 0.2) is 0 Å². The van der Waals surface area contributed by atoms with Crippen molar-refractivity contribution in [2.45, 2.75) is 18.4 Å². The largest absolute Gasteiger partial charge is 0.396 e. The summed E-state index contributed by atoms with van der Waals surface area (Å²) in [5.74, 6) is 0. The lowest BCUT2D eigenvalue weighted by Crippen LogP contribution is -2.42. The molecule has 0 bridgehead atoms. The number of hydrogen-bond acceptors (Lipinski definition) is 6. The van der Waals surface area contributed by atoms with E-state index in [0.29, 0.717) is 26.2 Å². The van der Waals surface area contributed by atoms with E-state index in [1.54, 1.807) is 13.2 Å². The number of nitrogens with two attached hydrogens (primary N) is 2. The molecule has 0 heterocycles. The zero-order chi connectivity index (χ0) is 13.6. The van der Waals surface area contributed by atoms with E-state index in [-0.39, 0.29) is 17.8 Å². The molecule has 0 radical (unpaired) electrons. The summed E-state index contributed by atoms with van der Waals surface area (Å²) in [6.45, 7) is 1.49. The van der Waals surface area contributed by atoms with Crippen LogP contribution in [0.5, 0.6) is 0 Å². The molecule has 0 spiro atoms. The van der Waals surface area contributed by atoms with Gasteiger partial charge in [-0.2, -0.15) is 0 Å². The number of rotatable bonds is 7. The standard InChI is InChI=1S/C11H19N3O4/c1-17-6-7-18-5-4-11(13)3-2-10(14(15)16)9(12)8-11/h2-3H,4-8,12-13H2,1H3. The summed E-state index contributed by atoms with van der Waals surface area (Å²) in [6, 6.07) is 0. The molecular weight excluding hydrogens is 238 g/mol. The number of nitrogens with zero attached hydrogens (tertiary/aromatic N) is 1. The first-order valence-electron chi connectivity index (χ1n) is 5.66. The molecule has 0 saturated heterocycles. The summed E-state index contributed by atoms with van der Waals surface area (Å²) >= 11 is 0. The maximum Gasteiger partial charge on any atom is 0.287 e. The minimum atomic E-state index is -0.670. The summed E-state index contributed by atoms with van der Waals surface area (Å²) in [6.07, 6.45) is 3.82. The van der Waals surface area contributed by atoms with Crippen LogP contribution in [0.15, 0.2) is 23.5 Å². The number of methoxy groups -OCH3 is 1. The fourth-order valence-corrected chi connectivity index (χ4v) is 1.71. The highest BCUT2D eigenvalue weighted by Gasteiger charge is 2.30. The lowest BCUT2D eigenvalue weighted by atomic mass is 9.87. The molecule has 7 nitrogen and oxygen atoms in total. The second-order valence-corrected chi connectivity index (χ2v) is 4.27. The van der Waals surface area contributed by atoms with Gasteiger partial charge in [0.05, 0.1) is 23.8 Å². The highest BCUT2D eigenvalue weighted by atomic mass is 16.6. The maximum atomic E-state index is 10.6. The Morgan fingerprint density at radius 3 is 2.78 bits per heavy atom. The van der Waals surface area contributed by atoms with Crippen LogP contribution in [0.4, 0.5) is 0 Å². The molecule has 0 aromatic heterocycles. The number of nitro groups is 1. The van der Waals surface area contributed by atoms with Crippen LogP contribution in [0.2, 0.25) is 0 Å². The fourth-order valence-electron chi connectivity index (χ4n) is 1.71. The number of hydrogen-bond donors (Lipinski definition) is 2. The highest BCUT2D eigenvalue weighted by molar-refractivity contribution is 5.29. The van der Waals surface area contributed by atoms with Crippen LogP contribution in [0.25, 0.3) is 0 Å². The van der Waals surface area contributed by atoms with E-state index >= 15 is 0 Å². The molecule has 1 aliphatic carbocycles. The van der Waals surface area contributed by atoms with E-state index in [4.69, 9.17) is 20.9 Å². The Labute approximate surface area is 106 Å². The molecule has 4 N–H and O–H groups in total. The predicted octanol–water partition coefficient (Wildman–Crippen LogP) is 0.144. The summed E-state index contributed by atoms with van der Waals surface area (Å²) in [5, 5.41) is 10.6. The molecule has 102 valence electrons. The van der Waals surface area contributed by atoms with E-state index in [0.717, 1.165) is 0 Å². The monoisotopic (exact) mass is 257 g/mol. The molecule has 0 aromatic rings. The van der Waals surface area contributed by atoms with Gasteiger partial charge in [0.1, 0.15) is 0 Å². The lowest BCUT2D eigenvalue weighted by molar-refractivity contribution is -0.420. The SMILES string of the molecule is COCCOCCC1(N)C=CC([N+](=O)[O-])=C(N)C1. The first-order valence-corrected chi connectivity index (χ1v) is 5.66. The molecule has 1 rings (SSSR count). The van der Waals surface area contributed by atoms with Crippen molar-refractivity contribution in [2.24, 2.45) is 11.5 Å². The van der Waals surface area contributed by atoms with Gasteiger partial charge in [-0.15, -0.1) is 0 Å². The summed E-state index contributed by atoms with van der Waals surface area (Å²) in [4.78, 5) is 10.1. The normalized spacial score (nSPS) is 23.4. The average Bonchev–Trinajstić information content (AvgIpc) is 2.28. The first kappa shape index (κ1) is 14.6. The van der Waals surface area contributed by atoms with Crippen molar-refractivity contribution in [2.75, 3.05) is 26.9 Å². The van der Waals surface area contributed by atoms with Crippen molar-refractivity contribution in [1.29, 1.82) is 0 Å². The van der Waals surface area contributed by atoms with Gasteiger partial charge in [-0.05, 0) is 6.42 Å². The predicted molar refractivity (Wildman–Crippen MR) is 66.2 cm³/mol. The van der Waals surface area contributed by atoms with Gasteiger partial charge in [0.25, 0.3) is 5.70 Å². The molecule has 0 aliphatic heterocycles. The minimum absolute atomic E-state index is 0.0728. The van der Waals surface area contributed by atoms with Crippen molar-refractivity contribution in [3.8, 4) is 0 Å². The van der Waals surface area contributed by atoms with Gasteiger partial charge in [0.2, 0.25) is 0 Å². The molecule has 1 aliphatic rings. The summed E-state index contributed by atoms with van der Waals surface area (Å²) < 4.78 is 10.2. The topological polar surface area (TPSA) is 114 Å². The third-order valence-electron chi connectivity index (χ3n) is 2.76. The van der Waals surface area contributed by atoms with Gasteiger partial charge in [0, 0.05) is 31.8 Å². The van der Waals surface area contributed by atoms with E-state index in [9.17, 15) is 10.1 Å². The minimum Gasteiger partial charge on any atom is -0.396 e. The Morgan fingerprint density at radius 2 is 2.22 bits per heavy atom. The number of allylic oxidation sites excluding steroid dienone is 1. The van der Waals surface area contributed by atoms with Crippen molar-refractivity contribution >= 4 is 0 Å². The Balaban J connectivity index is 2.44. The maximum absolute atomic E-state index is 10.6. The molecule has 0 saturated carbocycles. The van der Waals surface area contributed by atoms with Crippen molar-refractivity contribution in [3.05, 3.63) is 33.7 Å². The Bertz CT molecular complexity index is 367. The van der Waals surface area contributed by atoms with Crippen LogP contribution < -0.4 is 11.5 Å². The molecule has 1 unspecified atom stereocenters. The molecule has 18 heavy (non-hydrogen) atoms. The molecule has 0 amide bonds. The Hall–Kier alpha value is -1.44. The van der Waals surface area contributed by atoms with Gasteiger partial charge in [-0.25, -0.2) is 0 Å². The van der Waals surface area contributed by atoms with Crippen LogP contribution in [-0.2, 0) is 9.47 Å². The zero-order valence-electron chi connectivity index (χ0n) is 10.4. The van der Waals surface area contributed by atoms with Gasteiger partial charge < -0.3 is 20.9 Å². The van der Waals surface area contributed by atoms with Gasteiger partial charge in [-0.1, -0.05) is 6.08 Å². The second-order valence-electron chi connectivity index (χ2n) is 4.27. The quantitative estimate of drug-likeness (QED) is 0.381. The van der Waals surface area contributed by atoms with E-state index < -0.39 is 10.5 Å². The third-order valence-corrected chi connectivity index (χ3v) is 2.76. The summed E-state index contributed by atoms with van der Waals surface area (Å²) in [5.41, 5.74) is 11.2. The van der Waals surface area contributed by atoms with Crippen LogP contribution in [0, 0.1) is 10.1 Å². The first-order chi connectivity index (χ1) is 8.48. The zero-order valence-corrected chi connectivity index (χ0v) is 10.4. The highest BCUT2D eigenvalue weighted by Crippen LogP contribution is 2.25. The van der Waals surface area contributed by atoms with Crippen LogP contribution in [0.3, 0.4) is 0 Å². The van der Waals surface area contributed by atoms with Crippen molar-refractivity contribution < 1.29 is 14.4 Å². The fraction of sp³-hybridized carbons (Fsp3) is 0.636. The van der Waals surface area contributed by atoms with Crippen LogP contribution >= 0.6 is 0 Å². The Kier molecular flexibility index (Phi) is 5.26. The second kappa shape index (κ2) is 6.48. The smallest absolute Gasteiger partial charge is 0.287 e. The van der Waals surface area contributed by atoms with Crippen LogP contribution in [0.1, 0.15) is 12.8 Å². The molecule has 0 fully saturated rings.